The molecule has 4 heteroatoms. The molecule has 130 valence electrons. The van der Waals surface area contributed by atoms with Crippen LogP contribution in [0.25, 0.3) is 0 Å². The highest BCUT2D eigenvalue weighted by molar-refractivity contribution is 5.81. The van der Waals surface area contributed by atoms with Crippen molar-refractivity contribution in [3.05, 3.63) is 12.2 Å². The number of hydrogen-bond donors (Lipinski definition) is 2. The second-order valence-electron chi connectivity index (χ2n) is 9.21. The Morgan fingerprint density at radius 3 is 2.09 bits per heavy atom. The Balaban J connectivity index is 1.98. The van der Waals surface area contributed by atoms with Gasteiger partial charge in [-0.1, -0.05) is 12.2 Å². The van der Waals surface area contributed by atoms with E-state index in [1.54, 1.807) is 0 Å². The zero-order chi connectivity index (χ0) is 17.4. The van der Waals surface area contributed by atoms with Crippen LogP contribution < -0.4 is 10.6 Å². The van der Waals surface area contributed by atoms with E-state index in [1.165, 1.54) is 0 Å². The zero-order valence-corrected chi connectivity index (χ0v) is 15.4. The number of nitrogens with one attached hydrogen (secondary N) is 2. The van der Waals surface area contributed by atoms with Gasteiger partial charge in [0.1, 0.15) is 0 Å². The third-order valence-corrected chi connectivity index (χ3v) is 4.64. The van der Waals surface area contributed by atoms with Crippen LogP contribution in [0.4, 0.5) is 0 Å². The lowest BCUT2D eigenvalue weighted by Gasteiger charge is -2.31. The van der Waals surface area contributed by atoms with Crippen LogP contribution in [0.1, 0.15) is 60.8 Å². The summed E-state index contributed by atoms with van der Waals surface area (Å²) in [5.41, 5.74) is -0.411. The van der Waals surface area contributed by atoms with Crippen molar-refractivity contribution >= 4 is 11.8 Å². The average Bonchev–Trinajstić information content (AvgIpc) is 2.91. The Kier molecular flexibility index (Phi) is 4.93. The van der Waals surface area contributed by atoms with Gasteiger partial charge >= 0.3 is 0 Å². The molecule has 0 heterocycles. The Bertz CT molecular complexity index is 496. The standard InChI is InChI=1S/C19H32N2O2/c1-18(2,3)20-15(22)10-9-14-12-7-8-13(11-12)16(14)17(23)21-19(4,5)6/h7-8,12-14,16H,9-11H2,1-6H3,(H,20,22)(H,21,23)/t12-,13+,14-,16+/m1/s1. The summed E-state index contributed by atoms with van der Waals surface area (Å²) in [6, 6.07) is 0. The highest BCUT2D eigenvalue weighted by atomic mass is 16.2. The molecule has 23 heavy (non-hydrogen) atoms. The minimum atomic E-state index is -0.212. The number of carbonyl (C=O) groups excluding carboxylic acids is 2. The van der Waals surface area contributed by atoms with E-state index in [2.05, 4.69) is 22.8 Å². The average molecular weight is 320 g/mol. The van der Waals surface area contributed by atoms with Crippen LogP contribution in [0.5, 0.6) is 0 Å². The maximum atomic E-state index is 12.7. The fraction of sp³-hybridized carbons (Fsp3) is 0.789. The van der Waals surface area contributed by atoms with Crippen LogP contribution in [-0.4, -0.2) is 22.9 Å². The van der Waals surface area contributed by atoms with Gasteiger partial charge in [0.25, 0.3) is 0 Å². The molecule has 2 aliphatic carbocycles. The first-order chi connectivity index (χ1) is 10.5. The molecule has 4 nitrogen and oxygen atoms in total. The first-order valence-corrected chi connectivity index (χ1v) is 8.78. The van der Waals surface area contributed by atoms with Crippen molar-refractivity contribution in [2.24, 2.45) is 23.7 Å². The van der Waals surface area contributed by atoms with Crippen LogP contribution in [0.3, 0.4) is 0 Å². The molecule has 1 saturated carbocycles. The number of carbonyl (C=O) groups is 2. The second kappa shape index (κ2) is 6.29. The van der Waals surface area contributed by atoms with Gasteiger partial charge in [-0.15, -0.1) is 0 Å². The van der Waals surface area contributed by atoms with E-state index in [9.17, 15) is 9.59 Å². The number of hydrogen-bond acceptors (Lipinski definition) is 2. The maximum absolute atomic E-state index is 12.7. The Hall–Kier alpha value is -1.32. The van der Waals surface area contributed by atoms with Crippen LogP contribution in [0.2, 0.25) is 0 Å². The van der Waals surface area contributed by atoms with Gasteiger partial charge < -0.3 is 10.6 Å². The first kappa shape index (κ1) is 18.0. The molecule has 1 fully saturated rings. The summed E-state index contributed by atoms with van der Waals surface area (Å²) in [4.78, 5) is 24.8. The molecule has 0 saturated heterocycles. The van der Waals surface area contributed by atoms with Crippen molar-refractivity contribution in [3.8, 4) is 0 Å². The van der Waals surface area contributed by atoms with Gasteiger partial charge in [0.15, 0.2) is 0 Å². The molecule has 2 rings (SSSR count). The molecule has 2 N–H and O–H groups in total. The van der Waals surface area contributed by atoms with E-state index in [4.69, 9.17) is 0 Å². The minimum absolute atomic E-state index is 0.0201. The molecule has 2 aliphatic rings. The zero-order valence-electron chi connectivity index (χ0n) is 15.4. The second-order valence-corrected chi connectivity index (χ2v) is 9.21. The maximum Gasteiger partial charge on any atom is 0.224 e. The smallest absolute Gasteiger partial charge is 0.224 e. The molecule has 4 atom stereocenters. The summed E-state index contributed by atoms with van der Waals surface area (Å²) >= 11 is 0. The number of allylic oxidation sites excluding steroid dienone is 2. The largest absolute Gasteiger partial charge is 0.352 e. The predicted molar refractivity (Wildman–Crippen MR) is 92.7 cm³/mol. The molecule has 0 aliphatic heterocycles. The Morgan fingerprint density at radius 1 is 0.957 bits per heavy atom. The van der Waals surface area contributed by atoms with E-state index in [-0.39, 0.29) is 34.7 Å². The molecule has 2 bridgehead atoms. The molecule has 0 aromatic heterocycles. The lowest BCUT2D eigenvalue weighted by atomic mass is 9.79. The SMILES string of the molecule is CC(C)(C)NC(=O)CC[C@H]1[C@@H](C(=O)NC(C)(C)C)[C@H]2C=C[C@@H]1C2. The summed E-state index contributed by atoms with van der Waals surface area (Å²) in [6.45, 7) is 12.0. The summed E-state index contributed by atoms with van der Waals surface area (Å²) in [5.74, 6) is 1.34. The molecule has 0 unspecified atom stereocenters. The van der Waals surface area contributed by atoms with Crippen LogP contribution in [0, 0.1) is 23.7 Å². The lowest BCUT2D eigenvalue weighted by Crippen LogP contribution is -2.47. The molecule has 2 amide bonds. The Morgan fingerprint density at radius 2 is 1.52 bits per heavy atom. The van der Waals surface area contributed by atoms with Gasteiger partial charge in [-0.2, -0.15) is 0 Å². The first-order valence-electron chi connectivity index (χ1n) is 8.78. The van der Waals surface area contributed by atoms with Crippen LogP contribution >= 0.6 is 0 Å². The summed E-state index contributed by atoms with van der Waals surface area (Å²) in [6.07, 6.45) is 6.79. The van der Waals surface area contributed by atoms with Crippen LogP contribution in [-0.2, 0) is 9.59 Å². The van der Waals surface area contributed by atoms with Crippen molar-refractivity contribution in [2.45, 2.75) is 71.9 Å². The number of fused-ring (bicyclic) bond motifs is 2. The van der Waals surface area contributed by atoms with Crippen molar-refractivity contribution in [3.63, 3.8) is 0 Å². The van der Waals surface area contributed by atoms with Crippen molar-refractivity contribution in [1.29, 1.82) is 0 Å². The molecule has 0 aromatic carbocycles. The highest BCUT2D eigenvalue weighted by Crippen LogP contribution is 2.50. The van der Waals surface area contributed by atoms with E-state index < -0.39 is 0 Å². The van der Waals surface area contributed by atoms with Crippen molar-refractivity contribution < 1.29 is 9.59 Å². The molecular formula is C19H32N2O2. The minimum Gasteiger partial charge on any atom is -0.352 e. The van der Waals surface area contributed by atoms with E-state index >= 15 is 0 Å². The van der Waals surface area contributed by atoms with Gasteiger partial charge in [-0.25, -0.2) is 0 Å². The van der Waals surface area contributed by atoms with Crippen LogP contribution in [0.15, 0.2) is 12.2 Å². The van der Waals surface area contributed by atoms with Crippen molar-refractivity contribution in [2.75, 3.05) is 0 Å². The number of rotatable bonds is 4. The van der Waals surface area contributed by atoms with E-state index in [0.717, 1.165) is 12.8 Å². The van der Waals surface area contributed by atoms with Gasteiger partial charge in [0, 0.05) is 23.4 Å². The third-order valence-electron chi connectivity index (χ3n) is 4.64. The van der Waals surface area contributed by atoms with Gasteiger partial charge in [-0.05, 0) is 72.1 Å². The summed E-state index contributed by atoms with van der Waals surface area (Å²) < 4.78 is 0. The Labute approximate surface area is 140 Å². The normalized spacial score (nSPS) is 29.7. The predicted octanol–water partition coefficient (Wildman–Crippen LogP) is 3.03. The van der Waals surface area contributed by atoms with E-state index in [0.29, 0.717) is 18.3 Å². The lowest BCUT2D eigenvalue weighted by molar-refractivity contribution is -0.129. The quantitative estimate of drug-likeness (QED) is 0.782. The molecule has 0 radical (unpaired) electrons. The monoisotopic (exact) mass is 320 g/mol. The third kappa shape index (κ3) is 4.82. The molecular weight excluding hydrogens is 288 g/mol. The summed E-state index contributed by atoms with van der Waals surface area (Å²) in [5, 5.41) is 6.14. The van der Waals surface area contributed by atoms with E-state index in [1.807, 2.05) is 41.5 Å². The fourth-order valence-electron chi connectivity index (χ4n) is 3.94. The highest BCUT2D eigenvalue weighted by Gasteiger charge is 2.48. The molecule has 0 spiro atoms. The van der Waals surface area contributed by atoms with Gasteiger partial charge in [-0.3, -0.25) is 9.59 Å². The fourth-order valence-corrected chi connectivity index (χ4v) is 3.94. The van der Waals surface area contributed by atoms with Crippen molar-refractivity contribution in [1.82, 2.24) is 10.6 Å². The number of amides is 2. The topological polar surface area (TPSA) is 58.2 Å². The van der Waals surface area contributed by atoms with Gasteiger partial charge in [0.2, 0.25) is 11.8 Å². The van der Waals surface area contributed by atoms with Gasteiger partial charge in [0.05, 0.1) is 0 Å². The summed E-state index contributed by atoms with van der Waals surface area (Å²) in [7, 11) is 0. The molecule has 0 aromatic rings.